The zero-order chi connectivity index (χ0) is 20.8. The maximum atomic E-state index is 13.2. The molecule has 2 aromatic rings. The fourth-order valence-electron chi connectivity index (χ4n) is 2.54. The number of benzene rings is 2. The molecule has 3 N–H and O–H groups in total. The number of carboxylic acids is 1. The minimum atomic E-state index is -1.13. The molecule has 0 aliphatic rings. The van der Waals surface area contributed by atoms with Gasteiger partial charge in [0.25, 0.3) is 11.8 Å². The average Bonchev–Trinajstić information content (AvgIpc) is 2.60. The summed E-state index contributed by atoms with van der Waals surface area (Å²) >= 11 is 6.13. The lowest BCUT2D eigenvalue weighted by Gasteiger charge is -2.17. The molecule has 0 fully saturated rings. The zero-order valence-corrected chi connectivity index (χ0v) is 16.1. The Morgan fingerprint density at radius 2 is 1.82 bits per heavy atom. The summed E-state index contributed by atoms with van der Waals surface area (Å²) in [6.45, 7) is 3.70. The molecule has 0 heterocycles. The minimum absolute atomic E-state index is 0.0447. The third-order valence-corrected chi connectivity index (χ3v) is 4.18. The van der Waals surface area contributed by atoms with Gasteiger partial charge in [0.05, 0.1) is 10.6 Å². The number of carbonyl (C=O) groups excluding carboxylic acids is 2. The van der Waals surface area contributed by atoms with E-state index in [-0.39, 0.29) is 28.5 Å². The third-order valence-electron chi connectivity index (χ3n) is 3.87. The molecule has 148 valence electrons. The van der Waals surface area contributed by atoms with Crippen LogP contribution in [0.5, 0.6) is 0 Å². The first-order valence-corrected chi connectivity index (χ1v) is 8.95. The van der Waals surface area contributed by atoms with E-state index < -0.39 is 29.6 Å². The number of halogens is 2. The highest BCUT2D eigenvalue weighted by molar-refractivity contribution is 6.34. The molecule has 0 bridgehead atoms. The Balaban J connectivity index is 2.11. The van der Waals surface area contributed by atoms with Crippen LogP contribution in [0.3, 0.4) is 0 Å². The number of rotatable bonds is 7. The second kappa shape index (κ2) is 9.32. The number of amides is 2. The highest BCUT2D eigenvalue weighted by atomic mass is 35.5. The predicted molar refractivity (Wildman–Crippen MR) is 104 cm³/mol. The number of carbonyl (C=O) groups is 3. The lowest BCUT2D eigenvalue weighted by atomic mass is 10.0. The van der Waals surface area contributed by atoms with E-state index in [1.807, 2.05) is 13.8 Å². The van der Waals surface area contributed by atoms with E-state index in [1.165, 1.54) is 36.4 Å². The Bertz CT molecular complexity index is 902. The molecule has 0 aliphatic carbocycles. The molecule has 0 spiro atoms. The van der Waals surface area contributed by atoms with Crippen LogP contribution >= 0.6 is 11.6 Å². The summed E-state index contributed by atoms with van der Waals surface area (Å²) in [6.07, 6.45) is 0.278. The van der Waals surface area contributed by atoms with E-state index >= 15 is 0 Å². The molecular weight excluding hydrogens is 387 g/mol. The molecule has 0 aliphatic heterocycles. The van der Waals surface area contributed by atoms with Crippen LogP contribution in [0, 0.1) is 11.7 Å². The minimum Gasteiger partial charge on any atom is -0.480 e. The summed E-state index contributed by atoms with van der Waals surface area (Å²) in [5, 5.41) is 14.3. The van der Waals surface area contributed by atoms with Crippen molar-refractivity contribution in [1.82, 2.24) is 5.32 Å². The van der Waals surface area contributed by atoms with Gasteiger partial charge >= 0.3 is 5.97 Å². The van der Waals surface area contributed by atoms with Crippen molar-refractivity contribution < 1.29 is 23.9 Å². The van der Waals surface area contributed by atoms with Crippen molar-refractivity contribution in [3.8, 4) is 0 Å². The van der Waals surface area contributed by atoms with Gasteiger partial charge < -0.3 is 15.7 Å². The van der Waals surface area contributed by atoms with E-state index in [2.05, 4.69) is 10.6 Å². The number of anilines is 1. The molecule has 1 unspecified atom stereocenters. The molecule has 28 heavy (non-hydrogen) atoms. The number of aliphatic carboxylic acids is 1. The molecule has 0 radical (unpaired) electrons. The van der Waals surface area contributed by atoms with Crippen molar-refractivity contribution in [3.63, 3.8) is 0 Å². The molecule has 0 aromatic heterocycles. The standard InChI is InChI=1S/C20H20ClFN2O4/c1-11(2)8-17(20(27)28)24-19(26)15-7-6-14(10-16(15)21)23-18(25)12-4-3-5-13(22)9-12/h3-7,9-11,17H,8H2,1-2H3,(H,23,25)(H,24,26)(H,27,28). The quantitative estimate of drug-likeness (QED) is 0.648. The Kier molecular flexibility index (Phi) is 7.12. The van der Waals surface area contributed by atoms with Gasteiger partial charge in [-0.25, -0.2) is 9.18 Å². The average molecular weight is 407 g/mol. The number of hydrogen-bond acceptors (Lipinski definition) is 3. The topological polar surface area (TPSA) is 95.5 Å². The lowest BCUT2D eigenvalue weighted by molar-refractivity contribution is -0.139. The van der Waals surface area contributed by atoms with E-state index in [0.29, 0.717) is 5.69 Å². The molecule has 2 rings (SSSR count). The second-order valence-electron chi connectivity index (χ2n) is 6.65. The summed E-state index contributed by atoms with van der Waals surface area (Å²) in [4.78, 5) is 35.8. The summed E-state index contributed by atoms with van der Waals surface area (Å²) in [7, 11) is 0. The van der Waals surface area contributed by atoms with Crippen molar-refractivity contribution in [2.45, 2.75) is 26.3 Å². The van der Waals surface area contributed by atoms with Crippen LogP contribution in [0.1, 0.15) is 41.0 Å². The van der Waals surface area contributed by atoms with Crippen LogP contribution in [0.25, 0.3) is 0 Å². The summed E-state index contributed by atoms with van der Waals surface area (Å²) in [5.41, 5.74) is 0.532. The van der Waals surface area contributed by atoms with Gasteiger partial charge in [-0.1, -0.05) is 31.5 Å². The zero-order valence-electron chi connectivity index (χ0n) is 15.3. The predicted octanol–water partition coefficient (Wildman–Crippen LogP) is 3.96. The Labute approximate surface area is 166 Å². The maximum Gasteiger partial charge on any atom is 0.326 e. The summed E-state index contributed by atoms with van der Waals surface area (Å²) in [5.74, 6) is -2.74. The monoisotopic (exact) mass is 406 g/mol. The van der Waals surface area contributed by atoms with Crippen LogP contribution in [-0.2, 0) is 4.79 Å². The molecule has 0 saturated carbocycles. The van der Waals surface area contributed by atoms with Crippen molar-refractivity contribution >= 4 is 35.1 Å². The number of nitrogens with one attached hydrogen (secondary N) is 2. The first-order valence-electron chi connectivity index (χ1n) is 8.57. The van der Waals surface area contributed by atoms with Crippen LogP contribution in [0.2, 0.25) is 5.02 Å². The van der Waals surface area contributed by atoms with Crippen molar-refractivity contribution in [1.29, 1.82) is 0 Å². The Morgan fingerprint density at radius 1 is 1.11 bits per heavy atom. The molecule has 1 atom stereocenters. The van der Waals surface area contributed by atoms with Gasteiger partial charge in [-0.05, 0) is 48.7 Å². The fourth-order valence-corrected chi connectivity index (χ4v) is 2.81. The lowest BCUT2D eigenvalue weighted by Crippen LogP contribution is -2.41. The van der Waals surface area contributed by atoms with E-state index in [0.717, 1.165) is 6.07 Å². The number of carboxylic acid groups (broad SMARTS) is 1. The van der Waals surface area contributed by atoms with E-state index in [9.17, 15) is 23.9 Å². The van der Waals surface area contributed by atoms with Gasteiger partial charge in [-0.15, -0.1) is 0 Å². The van der Waals surface area contributed by atoms with Crippen LogP contribution < -0.4 is 10.6 Å². The first kappa shape index (κ1) is 21.4. The largest absolute Gasteiger partial charge is 0.480 e. The fraction of sp³-hybridized carbons (Fsp3) is 0.250. The van der Waals surface area contributed by atoms with Gasteiger partial charge in [0, 0.05) is 11.3 Å². The smallest absolute Gasteiger partial charge is 0.326 e. The molecule has 0 saturated heterocycles. The van der Waals surface area contributed by atoms with Crippen molar-refractivity contribution in [2.24, 2.45) is 5.92 Å². The molecule has 8 heteroatoms. The van der Waals surface area contributed by atoms with Gasteiger partial charge in [0.15, 0.2) is 0 Å². The van der Waals surface area contributed by atoms with Crippen LogP contribution in [-0.4, -0.2) is 28.9 Å². The highest BCUT2D eigenvalue weighted by Gasteiger charge is 2.23. The van der Waals surface area contributed by atoms with Gasteiger partial charge in [-0.2, -0.15) is 0 Å². The normalized spacial score (nSPS) is 11.8. The highest BCUT2D eigenvalue weighted by Crippen LogP contribution is 2.22. The SMILES string of the molecule is CC(C)CC(NC(=O)c1ccc(NC(=O)c2cccc(F)c2)cc1Cl)C(=O)O. The first-order chi connectivity index (χ1) is 13.2. The summed E-state index contributed by atoms with van der Waals surface area (Å²) < 4.78 is 13.2. The van der Waals surface area contributed by atoms with E-state index in [4.69, 9.17) is 11.6 Å². The van der Waals surface area contributed by atoms with Gasteiger partial charge in [-0.3, -0.25) is 9.59 Å². The Hall–Kier alpha value is -2.93. The number of hydrogen-bond donors (Lipinski definition) is 3. The van der Waals surface area contributed by atoms with Crippen molar-refractivity contribution in [3.05, 3.63) is 64.4 Å². The van der Waals surface area contributed by atoms with E-state index in [1.54, 1.807) is 0 Å². The summed E-state index contributed by atoms with van der Waals surface area (Å²) in [6, 6.07) is 8.37. The molecule has 6 nitrogen and oxygen atoms in total. The Morgan fingerprint density at radius 3 is 2.39 bits per heavy atom. The van der Waals surface area contributed by atoms with Crippen LogP contribution in [0.4, 0.5) is 10.1 Å². The van der Waals surface area contributed by atoms with Gasteiger partial charge in [0.2, 0.25) is 0 Å². The second-order valence-corrected chi connectivity index (χ2v) is 7.06. The van der Waals surface area contributed by atoms with Crippen LogP contribution in [0.15, 0.2) is 42.5 Å². The molecular formula is C20H20ClFN2O4. The molecule has 2 aromatic carbocycles. The molecule has 2 amide bonds. The maximum absolute atomic E-state index is 13.2. The van der Waals surface area contributed by atoms with Crippen molar-refractivity contribution in [2.75, 3.05) is 5.32 Å². The van der Waals surface area contributed by atoms with Gasteiger partial charge in [0.1, 0.15) is 11.9 Å². The third kappa shape index (κ3) is 5.79.